The van der Waals surface area contributed by atoms with Crippen molar-refractivity contribution in [2.24, 2.45) is 0 Å². The summed E-state index contributed by atoms with van der Waals surface area (Å²) in [5, 5.41) is 19.4. The topological polar surface area (TPSA) is 102 Å². The summed E-state index contributed by atoms with van der Waals surface area (Å²) in [4.78, 5) is 21.8. The highest BCUT2D eigenvalue weighted by atomic mass is 79.9. The van der Waals surface area contributed by atoms with E-state index in [0.29, 0.717) is 0 Å². The molecule has 4 N–H and O–H groups in total. The van der Waals surface area contributed by atoms with Gasteiger partial charge in [-0.15, -0.1) is 0 Å². The Bertz CT molecular complexity index is 741. The summed E-state index contributed by atoms with van der Waals surface area (Å²) >= 11 is 3.55. The maximum Gasteiger partial charge on any atom is 0.414 e. The Balaban J connectivity index is 0.000000450. The molecule has 0 bridgehead atoms. The smallest absolute Gasteiger partial charge is 0.414 e. The van der Waals surface area contributed by atoms with E-state index < -0.39 is 11.9 Å². The van der Waals surface area contributed by atoms with Gasteiger partial charge in [0.1, 0.15) is 0 Å². The van der Waals surface area contributed by atoms with E-state index in [1.54, 1.807) is 0 Å². The molecule has 25 heavy (non-hydrogen) atoms. The van der Waals surface area contributed by atoms with Crippen molar-refractivity contribution >= 4 is 38.8 Å². The molecule has 2 rings (SSSR count). The van der Waals surface area contributed by atoms with Gasteiger partial charge in [-0.1, -0.05) is 42.8 Å². The lowest BCUT2D eigenvalue weighted by molar-refractivity contribution is -0.159. The van der Waals surface area contributed by atoms with Gasteiger partial charge in [0.05, 0.1) is 0 Å². The van der Waals surface area contributed by atoms with Gasteiger partial charge in [0, 0.05) is 26.5 Å². The average Bonchev–Trinajstić information content (AvgIpc) is 2.91. The molecule has 138 valence electrons. The number of aromatic nitrogens is 1. The van der Waals surface area contributed by atoms with Crippen molar-refractivity contribution in [2.75, 3.05) is 13.6 Å². The van der Waals surface area contributed by atoms with E-state index in [0.717, 1.165) is 23.9 Å². The lowest BCUT2D eigenvalue weighted by Crippen LogP contribution is -2.20. The molecule has 1 heterocycles. The van der Waals surface area contributed by atoms with Crippen LogP contribution in [0.4, 0.5) is 0 Å². The number of likely N-dealkylation sites (N-methyl/N-ethyl adjacent to an activating group) is 1. The highest BCUT2D eigenvalue weighted by Gasteiger charge is 2.25. The molecule has 0 aliphatic rings. The number of hydrogen-bond acceptors (Lipinski definition) is 3. The normalized spacial score (nSPS) is 11.1. The van der Waals surface area contributed by atoms with E-state index in [2.05, 4.69) is 65.2 Å². The van der Waals surface area contributed by atoms with Crippen LogP contribution in [-0.2, 0) is 21.4 Å². The molecule has 1 aromatic heterocycles. The summed E-state index contributed by atoms with van der Waals surface area (Å²) in [6.45, 7) is 7.89. The number of carbonyl (C=O) groups is 2. The van der Waals surface area contributed by atoms with Gasteiger partial charge in [-0.05, 0) is 44.1 Å². The van der Waals surface area contributed by atoms with Crippen molar-refractivity contribution in [3.05, 3.63) is 33.9 Å². The van der Waals surface area contributed by atoms with Crippen LogP contribution >= 0.6 is 15.9 Å². The molecule has 0 saturated carbocycles. The minimum absolute atomic E-state index is 0.189. The van der Waals surface area contributed by atoms with Crippen LogP contribution in [0.1, 0.15) is 38.4 Å². The molecule has 0 aliphatic carbocycles. The number of carboxylic acid groups (broad SMARTS) is 2. The summed E-state index contributed by atoms with van der Waals surface area (Å²) in [6, 6.07) is 6.52. The maximum atomic E-state index is 9.10. The first-order valence-corrected chi connectivity index (χ1v) is 8.84. The van der Waals surface area contributed by atoms with Crippen molar-refractivity contribution in [3.8, 4) is 0 Å². The number of hydrogen-bond donors (Lipinski definition) is 4. The van der Waals surface area contributed by atoms with Gasteiger partial charge in [-0.3, -0.25) is 0 Å². The maximum absolute atomic E-state index is 9.10. The van der Waals surface area contributed by atoms with Crippen molar-refractivity contribution in [1.29, 1.82) is 0 Å². The zero-order valence-electron chi connectivity index (χ0n) is 14.9. The molecule has 0 unspecified atom stereocenters. The zero-order chi connectivity index (χ0) is 19.2. The average molecular weight is 413 g/mol. The fourth-order valence-corrected chi connectivity index (χ4v) is 2.85. The monoisotopic (exact) mass is 412 g/mol. The Hall–Kier alpha value is -1.86. The molecule has 2 aromatic rings. The van der Waals surface area contributed by atoms with E-state index in [1.165, 1.54) is 22.2 Å². The quantitative estimate of drug-likeness (QED) is 0.562. The number of rotatable bonds is 5. The SMILES string of the molecule is CCC(C)(C)c1[nH]c2cc(Br)ccc2c1CCNC.O=C(O)C(=O)O. The third-order valence-corrected chi connectivity index (χ3v) is 4.73. The Morgan fingerprint density at radius 1 is 1.24 bits per heavy atom. The first kappa shape index (κ1) is 21.2. The minimum atomic E-state index is -1.82. The number of benzene rings is 1. The highest BCUT2D eigenvalue weighted by molar-refractivity contribution is 9.10. The molecule has 0 fully saturated rings. The van der Waals surface area contributed by atoms with Crippen LogP contribution in [0.5, 0.6) is 0 Å². The Morgan fingerprint density at radius 2 is 1.84 bits per heavy atom. The Labute approximate surface area is 155 Å². The van der Waals surface area contributed by atoms with Gasteiger partial charge in [-0.25, -0.2) is 9.59 Å². The van der Waals surface area contributed by atoms with Crippen LogP contribution in [0.3, 0.4) is 0 Å². The standard InChI is InChI=1S/C16H23BrN2.C2H2O4/c1-5-16(2,3)15-13(8-9-18-4)12-7-6-11(17)10-14(12)19-15;3-1(4)2(5)6/h6-7,10,18-19H,5,8-9H2,1-4H3;(H,3,4)(H,5,6). The summed E-state index contributed by atoms with van der Waals surface area (Å²) in [7, 11) is 2.01. The predicted molar refractivity (Wildman–Crippen MR) is 102 cm³/mol. The lowest BCUT2D eigenvalue weighted by Gasteiger charge is -2.23. The lowest BCUT2D eigenvalue weighted by atomic mass is 9.83. The number of aromatic amines is 1. The molecule has 0 spiro atoms. The van der Waals surface area contributed by atoms with Crippen LogP contribution in [0.2, 0.25) is 0 Å². The van der Waals surface area contributed by atoms with Crippen LogP contribution in [-0.4, -0.2) is 40.7 Å². The fourth-order valence-electron chi connectivity index (χ4n) is 2.49. The molecule has 0 atom stereocenters. The largest absolute Gasteiger partial charge is 0.473 e. The number of carboxylic acids is 2. The molecule has 0 saturated heterocycles. The van der Waals surface area contributed by atoms with Crippen LogP contribution in [0.15, 0.2) is 22.7 Å². The number of fused-ring (bicyclic) bond motifs is 1. The molecule has 0 radical (unpaired) electrons. The summed E-state index contributed by atoms with van der Waals surface area (Å²) in [5.41, 5.74) is 4.27. The van der Waals surface area contributed by atoms with Gasteiger partial charge in [0.15, 0.2) is 0 Å². The molecule has 0 aliphatic heterocycles. The van der Waals surface area contributed by atoms with Gasteiger partial charge in [-0.2, -0.15) is 0 Å². The van der Waals surface area contributed by atoms with Gasteiger partial charge < -0.3 is 20.5 Å². The predicted octanol–water partition coefficient (Wildman–Crippen LogP) is 3.54. The van der Waals surface area contributed by atoms with Crippen molar-refractivity contribution in [3.63, 3.8) is 0 Å². The Kier molecular flexibility index (Phi) is 7.63. The van der Waals surface area contributed by atoms with E-state index in [-0.39, 0.29) is 5.41 Å². The Morgan fingerprint density at radius 3 is 2.32 bits per heavy atom. The number of aliphatic carboxylic acids is 2. The fraction of sp³-hybridized carbons (Fsp3) is 0.444. The number of halogens is 1. The number of H-pyrrole nitrogens is 1. The summed E-state index contributed by atoms with van der Waals surface area (Å²) < 4.78 is 1.13. The third kappa shape index (κ3) is 5.57. The van der Waals surface area contributed by atoms with Gasteiger partial charge in [0.25, 0.3) is 0 Å². The second-order valence-corrected chi connectivity index (χ2v) is 7.29. The van der Waals surface area contributed by atoms with E-state index in [4.69, 9.17) is 19.8 Å². The van der Waals surface area contributed by atoms with Crippen LogP contribution in [0, 0.1) is 0 Å². The number of nitrogens with one attached hydrogen (secondary N) is 2. The van der Waals surface area contributed by atoms with E-state index >= 15 is 0 Å². The van der Waals surface area contributed by atoms with E-state index in [1.807, 2.05) is 7.05 Å². The first-order valence-electron chi connectivity index (χ1n) is 8.05. The third-order valence-electron chi connectivity index (χ3n) is 4.24. The second-order valence-electron chi connectivity index (χ2n) is 6.37. The minimum Gasteiger partial charge on any atom is -0.473 e. The van der Waals surface area contributed by atoms with Gasteiger partial charge in [0.2, 0.25) is 0 Å². The van der Waals surface area contributed by atoms with Gasteiger partial charge >= 0.3 is 11.9 Å². The molecule has 0 amide bonds. The zero-order valence-corrected chi connectivity index (χ0v) is 16.5. The van der Waals surface area contributed by atoms with Crippen LogP contribution in [0.25, 0.3) is 10.9 Å². The molecule has 7 heteroatoms. The van der Waals surface area contributed by atoms with Crippen LogP contribution < -0.4 is 5.32 Å². The summed E-state index contributed by atoms with van der Waals surface area (Å²) in [5.74, 6) is -3.65. The van der Waals surface area contributed by atoms with E-state index in [9.17, 15) is 0 Å². The molecular weight excluding hydrogens is 388 g/mol. The highest BCUT2D eigenvalue weighted by Crippen LogP contribution is 2.34. The van der Waals surface area contributed by atoms with Crippen molar-refractivity contribution in [1.82, 2.24) is 10.3 Å². The molecule has 6 nitrogen and oxygen atoms in total. The molecular formula is C18H25BrN2O4. The first-order chi connectivity index (χ1) is 11.6. The second kappa shape index (κ2) is 9.01. The molecule has 1 aromatic carbocycles. The van der Waals surface area contributed by atoms with Crippen molar-refractivity contribution < 1.29 is 19.8 Å². The summed E-state index contributed by atoms with van der Waals surface area (Å²) in [6.07, 6.45) is 2.20. The van der Waals surface area contributed by atoms with Crippen molar-refractivity contribution in [2.45, 2.75) is 39.0 Å².